The summed E-state index contributed by atoms with van der Waals surface area (Å²) in [4.78, 5) is 14.0. The second-order valence-corrected chi connectivity index (χ2v) is 6.88. The number of nitrogens with one attached hydrogen (secondary N) is 2. The highest BCUT2D eigenvalue weighted by Gasteiger charge is 2.26. The van der Waals surface area contributed by atoms with Gasteiger partial charge in [-0.05, 0) is 31.2 Å². The monoisotopic (exact) mass is 351 g/mol. The van der Waals surface area contributed by atoms with Crippen molar-refractivity contribution in [2.75, 3.05) is 31.1 Å². The zero-order chi connectivity index (χ0) is 15.6. The van der Waals surface area contributed by atoms with Crippen molar-refractivity contribution >= 4 is 34.0 Å². The number of benzene rings is 1. The standard InChI is InChI=1S/C13H18FN3O3S.ClH/c1-17(10-5-6-15-8-10)13(18)11-7-9(14)3-4-12(11)16-21(2,19)20;/h3-4,7,10,15-16H,5-6,8H2,1-2H3;1H. The average molecular weight is 352 g/mol. The summed E-state index contributed by atoms with van der Waals surface area (Å²) in [5.74, 6) is -0.996. The molecule has 6 nitrogen and oxygen atoms in total. The number of halogens is 2. The maximum atomic E-state index is 13.4. The van der Waals surface area contributed by atoms with Gasteiger partial charge in [0.1, 0.15) is 5.82 Å². The highest BCUT2D eigenvalue weighted by molar-refractivity contribution is 7.92. The molecule has 0 aliphatic carbocycles. The lowest BCUT2D eigenvalue weighted by molar-refractivity contribution is 0.0744. The highest BCUT2D eigenvalue weighted by atomic mass is 35.5. The van der Waals surface area contributed by atoms with Gasteiger partial charge in [0, 0.05) is 19.6 Å². The number of nitrogens with zero attached hydrogens (tertiary/aromatic N) is 1. The van der Waals surface area contributed by atoms with Crippen LogP contribution in [0, 0.1) is 5.82 Å². The molecular formula is C13H19ClFN3O3S. The van der Waals surface area contributed by atoms with Crippen LogP contribution in [0.3, 0.4) is 0 Å². The smallest absolute Gasteiger partial charge is 0.256 e. The fourth-order valence-electron chi connectivity index (χ4n) is 2.31. The molecule has 0 saturated carbocycles. The lowest BCUT2D eigenvalue weighted by atomic mass is 10.1. The third-order valence-corrected chi connectivity index (χ3v) is 4.00. The molecule has 2 rings (SSSR count). The van der Waals surface area contributed by atoms with Gasteiger partial charge in [0.2, 0.25) is 10.0 Å². The van der Waals surface area contributed by atoms with Gasteiger partial charge in [-0.1, -0.05) is 0 Å². The third-order valence-electron chi connectivity index (χ3n) is 3.41. The molecule has 1 heterocycles. The molecule has 1 aliphatic rings. The largest absolute Gasteiger partial charge is 0.337 e. The first-order chi connectivity index (χ1) is 9.78. The number of amides is 1. The van der Waals surface area contributed by atoms with Crippen LogP contribution < -0.4 is 10.0 Å². The number of sulfonamides is 1. The third kappa shape index (κ3) is 4.56. The summed E-state index contributed by atoms with van der Waals surface area (Å²) in [6.45, 7) is 1.49. The van der Waals surface area contributed by atoms with E-state index in [0.29, 0.717) is 6.54 Å². The number of carbonyl (C=O) groups excluding carboxylic acids is 1. The van der Waals surface area contributed by atoms with Crippen LogP contribution in [0.1, 0.15) is 16.8 Å². The number of carbonyl (C=O) groups is 1. The molecule has 2 N–H and O–H groups in total. The summed E-state index contributed by atoms with van der Waals surface area (Å²) in [6, 6.07) is 3.44. The van der Waals surface area contributed by atoms with Crippen molar-refractivity contribution in [2.24, 2.45) is 0 Å². The SMILES string of the molecule is CN(C(=O)c1cc(F)ccc1NS(C)(=O)=O)C1CCNC1.Cl. The van der Waals surface area contributed by atoms with E-state index in [-0.39, 0.29) is 29.7 Å². The van der Waals surface area contributed by atoms with Gasteiger partial charge in [-0.2, -0.15) is 0 Å². The Bertz CT molecular complexity index is 648. The molecule has 22 heavy (non-hydrogen) atoms. The molecule has 1 saturated heterocycles. The van der Waals surface area contributed by atoms with E-state index < -0.39 is 21.7 Å². The van der Waals surface area contributed by atoms with Gasteiger partial charge < -0.3 is 10.2 Å². The summed E-state index contributed by atoms with van der Waals surface area (Å²) in [7, 11) is -1.91. The molecule has 0 spiro atoms. The average Bonchev–Trinajstić information content (AvgIpc) is 2.91. The minimum atomic E-state index is -3.55. The van der Waals surface area contributed by atoms with Crippen LogP contribution in [-0.4, -0.2) is 51.7 Å². The quantitative estimate of drug-likeness (QED) is 0.850. The fraction of sp³-hybridized carbons (Fsp3) is 0.462. The summed E-state index contributed by atoms with van der Waals surface area (Å²) in [5, 5.41) is 3.14. The summed E-state index contributed by atoms with van der Waals surface area (Å²) < 4.78 is 38.4. The Morgan fingerprint density at radius 3 is 2.68 bits per heavy atom. The lowest BCUT2D eigenvalue weighted by Crippen LogP contribution is -2.38. The van der Waals surface area contributed by atoms with Crippen molar-refractivity contribution in [2.45, 2.75) is 12.5 Å². The Balaban J connectivity index is 0.00000242. The summed E-state index contributed by atoms with van der Waals surface area (Å²) in [6.07, 6.45) is 1.79. The second-order valence-electron chi connectivity index (χ2n) is 5.13. The van der Waals surface area contributed by atoms with Gasteiger partial charge >= 0.3 is 0 Å². The van der Waals surface area contributed by atoms with Crippen LogP contribution in [-0.2, 0) is 10.0 Å². The predicted octanol–water partition coefficient (Wildman–Crippen LogP) is 1.05. The number of hydrogen-bond donors (Lipinski definition) is 2. The molecular weight excluding hydrogens is 333 g/mol. The van der Waals surface area contributed by atoms with Gasteiger partial charge in [0.15, 0.2) is 0 Å². The molecule has 1 unspecified atom stereocenters. The van der Waals surface area contributed by atoms with Crippen LogP contribution in [0.25, 0.3) is 0 Å². The van der Waals surface area contributed by atoms with E-state index in [4.69, 9.17) is 0 Å². The van der Waals surface area contributed by atoms with Crippen LogP contribution in [0.2, 0.25) is 0 Å². The first-order valence-electron chi connectivity index (χ1n) is 6.53. The normalized spacial score (nSPS) is 17.7. The van der Waals surface area contributed by atoms with Crippen molar-refractivity contribution in [3.8, 4) is 0 Å². The molecule has 0 radical (unpaired) electrons. The molecule has 0 bridgehead atoms. The van der Waals surface area contributed by atoms with Crippen molar-refractivity contribution in [1.82, 2.24) is 10.2 Å². The molecule has 0 aromatic heterocycles. The van der Waals surface area contributed by atoms with E-state index in [1.807, 2.05) is 0 Å². The van der Waals surface area contributed by atoms with E-state index in [2.05, 4.69) is 10.0 Å². The maximum Gasteiger partial charge on any atom is 0.256 e. The van der Waals surface area contributed by atoms with Crippen molar-refractivity contribution in [3.05, 3.63) is 29.6 Å². The molecule has 1 aliphatic heterocycles. The van der Waals surface area contributed by atoms with Gasteiger partial charge in [-0.3, -0.25) is 9.52 Å². The van der Waals surface area contributed by atoms with E-state index >= 15 is 0 Å². The number of anilines is 1. The first-order valence-corrected chi connectivity index (χ1v) is 8.42. The van der Waals surface area contributed by atoms with Crippen LogP contribution >= 0.6 is 12.4 Å². The van der Waals surface area contributed by atoms with Crippen LogP contribution in [0.4, 0.5) is 10.1 Å². The molecule has 1 aromatic carbocycles. The van der Waals surface area contributed by atoms with Gasteiger partial charge in [0.05, 0.1) is 17.5 Å². The molecule has 9 heteroatoms. The second kappa shape index (κ2) is 7.26. The Labute approximate surface area is 135 Å². The Morgan fingerprint density at radius 2 is 2.14 bits per heavy atom. The van der Waals surface area contributed by atoms with Gasteiger partial charge in [-0.25, -0.2) is 12.8 Å². The van der Waals surface area contributed by atoms with Crippen LogP contribution in [0.5, 0.6) is 0 Å². The number of rotatable bonds is 4. The fourth-order valence-corrected chi connectivity index (χ4v) is 2.89. The zero-order valence-corrected chi connectivity index (χ0v) is 13.9. The Morgan fingerprint density at radius 1 is 1.45 bits per heavy atom. The van der Waals surface area contributed by atoms with E-state index in [9.17, 15) is 17.6 Å². The minimum absolute atomic E-state index is 0. The molecule has 1 aromatic rings. The van der Waals surface area contributed by atoms with E-state index in [1.165, 1.54) is 11.0 Å². The highest BCUT2D eigenvalue weighted by Crippen LogP contribution is 2.21. The molecule has 1 fully saturated rings. The van der Waals surface area contributed by atoms with Crippen molar-refractivity contribution < 1.29 is 17.6 Å². The topological polar surface area (TPSA) is 78.5 Å². The first kappa shape index (κ1) is 18.7. The number of hydrogen-bond acceptors (Lipinski definition) is 4. The zero-order valence-electron chi connectivity index (χ0n) is 12.3. The molecule has 1 amide bonds. The number of likely N-dealkylation sites (N-methyl/N-ethyl adjacent to an activating group) is 1. The molecule has 124 valence electrons. The Hall–Kier alpha value is -1.38. The van der Waals surface area contributed by atoms with E-state index in [1.54, 1.807) is 7.05 Å². The van der Waals surface area contributed by atoms with E-state index in [0.717, 1.165) is 31.4 Å². The lowest BCUT2D eigenvalue weighted by Gasteiger charge is -2.25. The summed E-state index contributed by atoms with van der Waals surface area (Å²) in [5.41, 5.74) is 0.0940. The van der Waals surface area contributed by atoms with Gasteiger partial charge in [-0.15, -0.1) is 12.4 Å². The Kier molecular flexibility index (Phi) is 6.16. The van der Waals surface area contributed by atoms with Crippen molar-refractivity contribution in [1.29, 1.82) is 0 Å². The predicted molar refractivity (Wildman–Crippen MR) is 85.5 cm³/mol. The van der Waals surface area contributed by atoms with Crippen LogP contribution in [0.15, 0.2) is 18.2 Å². The van der Waals surface area contributed by atoms with Crippen molar-refractivity contribution in [3.63, 3.8) is 0 Å². The van der Waals surface area contributed by atoms with Gasteiger partial charge in [0.25, 0.3) is 5.91 Å². The minimum Gasteiger partial charge on any atom is -0.337 e. The maximum absolute atomic E-state index is 13.4. The molecule has 1 atom stereocenters. The summed E-state index contributed by atoms with van der Waals surface area (Å²) >= 11 is 0.